The maximum absolute atomic E-state index is 12.7. The molecule has 22 heavy (non-hydrogen) atoms. The lowest BCUT2D eigenvalue weighted by Crippen LogP contribution is -2.24. The molecule has 1 aromatic heterocycles. The Balaban J connectivity index is 2.32. The molecular formula is C17H24N2O2S. The van der Waals surface area contributed by atoms with Gasteiger partial charge in [-0.1, -0.05) is 37.7 Å². The van der Waals surface area contributed by atoms with Crippen molar-refractivity contribution >= 4 is 22.7 Å². The van der Waals surface area contributed by atoms with E-state index in [9.17, 15) is 4.79 Å². The molecule has 1 heterocycles. The molecule has 0 saturated heterocycles. The largest absolute Gasteiger partial charge is 0.381 e. The molecule has 4 nitrogen and oxygen atoms in total. The molecule has 2 aromatic rings. The Morgan fingerprint density at radius 3 is 2.82 bits per heavy atom. The Morgan fingerprint density at radius 2 is 2.09 bits per heavy atom. The summed E-state index contributed by atoms with van der Waals surface area (Å²) in [6.07, 6.45) is 0.971. The molecule has 0 spiro atoms. The van der Waals surface area contributed by atoms with Crippen LogP contribution in [0.3, 0.4) is 0 Å². The molecule has 0 amide bonds. The monoisotopic (exact) mass is 320 g/mol. The lowest BCUT2D eigenvalue weighted by atomic mass is 10.1. The molecule has 0 atom stereocenters. The van der Waals surface area contributed by atoms with Gasteiger partial charge < -0.3 is 4.74 Å². The summed E-state index contributed by atoms with van der Waals surface area (Å²) < 4.78 is 7.19. The fourth-order valence-corrected chi connectivity index (χ4v) is 3.06. The summed E-state index contributed by atoms with van der Waals surface area (Å²) in [5, 5.41) is 1.49. The van der Waals surface area contributed by atoms with Gasteiger partial charge in [-0.25, -0.2) is 4.98 Å². The van der Waals surface area contributed by atoms with Crippen LogP contribution in [0.2, 0.25) is 0 Å². The van der Waals surface area contributed by atoms with Gasteiger partial charge in [-0.3, -0.25) is 9.36 Å². The maximum Gasteiger partial charge on any atom is 0.262 e. The second-order valence-corrected chi connectivity index (χ2v) is 6.66. The Kier molecular flexibility index (Phi) is 6.46. The van der Waals surface area contributed by atoms with Gasteiger partial charge in [0.2, 0.25) is 0 Å². The quantitative estimate of drug-likeness (QED) is 0.424. The molecule has 2 rings (SSSR count). The molecular weight excluding hydrogens is 296 g/mol. The van der Waals surface area contributed by atoms with E-state index in [1.807, 2.05) is 35.8 Å². The van der Waals surface area contributed by atoms with Crippen molar-refractivity contribution in [1.29, 1.82) is 0 Å². The van der Waals surface area contributed by atoms with Gasteiger partial charge >= 0.3 is 0 Å². The highest BCUT2D eigenvalue weighted by molar-refractivity contribution is 7.99. The minimum atomic E-state index is 0.0603. The van der Waals surface area contributed by atoms with Crippen LogP contribution >= 0.6 is 11.8 Å². The summed E-state index contributed by atoms with van der Waals surface area (Å²) in [6, 6.07) is 7.56. The number of nitrogens with zero attached hydrogens (tertiary/aromatic N) is 2. The topological polar surface area (TPSA) is 44.1 Å². The Bertz CT molecular complexity index is 667. The molecule has 0 saturated carbocycles. The molecule has 0 fully saturated rings. The van der Waals surface area contributed by atoms with Crippen molar-refractivity contribution in [3.05, 3.63) is 34.6 Å². The molecule has 0 radical (unpaired) electrons. The first-order valence-electron chi connectivity index (χ1n) is 7.83. The van der Waals surface area contributed by atoms with Gasteiger partial charge in [-0.15, -0.1) is 0 Å². The van der Waals surface area contributed by atoms with Crippen LogP contribution in [0.4, 0.5) is 0 Å². The van der Waals surface area contributed by atoms with Crippen molar-refractivity contribution in [3.63, 3.8) is 0 Å². The lowest BCUT2D eigenvalue weighted by molar-refractivity contribution is 0.164. The van der Waals surface area contributed by atoms with Gasteiger partial charge in [-0.2, -0.15) is 0 Å². The second kappa shape index (κ2) is 8.34. The molecule has 0 aliphatic carbocycles. The zero-order chi connectivity index (χ0) is 15.9. The first-order chi connectivity index (χ1) is 10.6. The number of rotatable bonds is 8. The number of hydrogen-bond donors (Lipinski definition) is 0. The third kappa shape index (κ3) is 4.34. The number of aromatic nitrogens is 2. The maximum atomic E-state index is 12.7. The summed E-state index contributed by atoms with van der Waals surface area (Å²) in [5.41, 5.74) is 0.831. The van der Waals surface area contributed by atoms with Crippen LogP contribution in [0.1, 0.15) is 27.2 Å². The van der Waals surface area contributed by atoms with Crippen molar-refractivity contribution in [2.45, 2.75) is 38.9 Å². The molecule has 5 heteroatoms. The van der Waals surface area contributed by atoms with Crippen LogP contribution in [0.5, 0.6) is 0 Å². The van der Waals surface area contributed by atoms with Gasteiger partial charge in [0.25, 0.3) is 5.56 Å². The second-order valence-electron chi connectivity index (χ2n) is 5.60. The van der Waals surface area contributed by atoms with E-state index in [1.165, 1.54) is 0 Å². The van der Waals surface area contributed by atoms with Gasteiger partial charge in [0, 0.05) is 18.9 Å². The van der Waals surface area contributed by atoms with Crippen LogP contribution in [0.15, 0.2) is 34.2 Å². The van der Waals surface area contributed by atoms with Crippen LogP contribution in [0, 0.1) is 5.92 Å². The predicted octanol–water partition coefficient (Wildman–Crippen LogP) is 3.57. The van der Waals surface area contributed by atoms with E-state index in [0.29, 0.717) is 31.1 Å². The Labute approximate surface area is 135 Å². The highest BCUT2D eigenvalue weighted by Gasteiger charge is 2.11. The summed E-state index contributed by atoms with van der Waals surface area (Å²) in [7, 11) is 0. The Morgan fingerprint density at radius 1 is 1.32 bits per heavy atom. The number of fused-ring (bicyclic) bond motifs is 1. The van der Waals surface area contributed by atoms with Gasteiger partial charge in [0.05, 0.1) is 17.5 Å². The third-order valence-electron chi connectivity index (χ3n) is 3.42. The van der Waals surface area contributed by atoms with Crippen LogP contribution in [-0.4, -0.2) is 28.5 Å². The van der Waals surface area contributed by atoms with Crippen molar-refractivity contribution < 1.29 is 4.74 Å². The summed E-state index contributed by atoms with van der Waals surface area (Å²) in [5.74, 6) is 1.36. The van der Waals surface area contributed by atoms with Crippen molar-refractivity contribution in [2.75, 3.05) is 19.0 Å². The third-order valence-corrected chi connectivity index (χ3v) is 4.36. The molecule has 1 aromatic carbocycles. The zero-order valence-electron chi connectivity index (χ0n) is 13.5. The molecule has 0 aliphatic rings. The standard InChI is InChI=1S/C17H24N2O2S/c1-4-21-11-12-22-17-18-15-8-6-5-7-14(15)16(20)19(17)10-9-13(2)3/h5-8,13H,4,9-12H2,1-3H3. The molecule has 120 valence electrons. The van der Waals surface area contributed by atoms with Crippen molar-refractivity contribution in [2.24, 2.45) is 5.92 Å². The number of para-hydroxylation sites is 1. The number of benzene rings is 1. The highest BCUT2D eigenvalue weighted by Crippen LogP contribution is 2.18. The van der Waals surface area contributed by atoms with E-state index in [1.54, 1.807) is 11.8 Å². The zero-order valence-corrected chi connectivity index (χ0v) is 14.4. The first kappa shape index (κ1) is 17.0. The van der Waals surface area contributed by atoms with E-state index >= 15 is 0 Å². The van der Waals surface area contributed by atoms with Crippen LogP contribution in [-0.2, 0) is 11.3 Å². The summed E-state index contributed by atoms with van der Waals surface area (Å²) in [4.78, 5) is 17.4. The van der Waals surface area contributed by atoms with Crippen LogP contribution < -0.4 is 5.56 Å². The summed E-state index contributed by atoms with van der Waals surface area (Å²) in [6.45, 7) is 8.42. The van der Waals surface area contributed by atoms with E-state index in [-0.39, 0.29) is 5.56 Å². The number of hydrogen-bond acceptors (Lipinski definition) is 4. The number of thioether (sulfide) groups is 1. The molecule has 0 N–H and O–H groups in total. The van der Waals surface area contributed by atoms with Crippen molar-refractivity contribution in [1.82, 2.24) is 9.55 Å². The van der Waals surface area contributed by atoms with E-state index < -0.39 is 0 Å². The average Bonchev–Trinajstić information content (AvgIpc) is 2.51. The lowest BCUT2D eigenvalue weighted by Gasteiger charge is -2.14. The van der Waals surface area contributed by atoms with Crippen LogP contribution in [0.25, 0.3) is 10.9 Å². The van der Waals surface area contributed by atoms with Gasteiger partial charge in [0.15, 0.2) is 5.16 Å². The van der Waals surface area contributed by atoms with Crippen molar-refractivity contribution in [3.8, 4) is 0 Å². The minimum absolute atomic E-state index is 0.0603. The Hall–Kier alpha value is -1.33. The highest BCUT2D eigenvalue weighted by atomic mass is 32.2. The van der Waals surface area contributed by atoms with Gasteiger partial charge in [0.1, 0.15) is 0 Å². The van der Waals surface area contributed by atoms with E-state index in [0.717, 1.165) is 22.8 Å². The number of ether oxygens (including phenoxy) is 1. The summed E-state index contributed by atoms with van der Waals surface area (Å²) >= 11 is 1.59. The smallest absolute Gasteiger partial charge is 0.262 e. The first-order valence-corrected chi connectivity index (χ1v) is 8.82. The molecule has 0 unspecified atom stereocenters. The average molecular weight is 320 g/mol. The normalized spacial score (nSPS) is 11.5. The predicted molar refractivity (Wildman–Crippen MR) is 92.7 cm³/mol. The fourth-order valence-electron chi connectivity index (χ4n) is 2.18. The SMILES string of the molecule is CCOCCSc1nc2ccccc2c(=O)n1CCC(C)C. The van der Waals surface area contributed by atoms with E-state index in [4.69, 9.17) is 4.74 Å². The minimum Gasteiger partial charge on any atom is -0.381 e. The fraction of sp³-hybridized carbons (Fsp3) is 0.529. The van der Waals surface area contributed by atoms with E-state index in [2.05, 4.69) is 18.8 Å². The van der Waals surface area contributed by atoms with Gasteiger partial charge in [-0.05, 0) is 31.4 Å². The molecule has 0 bridgehead atoms. The molecule has 0 aliphatic heterocycles.